The first-order chi connectivity index (χ1) is 7.72. The van der Waals surface area contributed by atoms with E-state index in [0.717, 1.165) is 35.7 Å². The summed E-state index contributed by atoms with van der Waals surface area (Å²) in [6.45, 7) is 5.79. The molecule has 2 rings (SSSR count). The number of rotatable bonds is 4. The minimum Gasteiger partial charge on any atom is -0.467 e. The predicted octanol–water partition coefficient (Wildman–Crippen LogP) is 2.10. The van der Waals surface area contributed by atoms with E-state index < -0.39 is 0 Å². The Morgan fingerprint density at radius 2 is 2.25 bits per heavy atom. The second-order valence-corrected chi connectivity index (χ2v) is 3.84. The molecule has 4 nitrogen and oxygen atoms in total. The van der Waals surface area contributed by atoms with Crippen LogP contribution in [0, 0.1) is 6.92 Å². The van der Waals surface area contributed by atoms with Crippen LogP contribution in [-0.2, 0) is 13.6 Å². The minimum atomic E-state index is 0.757. The van der Waals surface area contributed by atoms with Gasteiger partial charge >= 0.3 is 0 Å². The molecular weight excluding hydrogens is 202 g/mol. The highest BCUT2D eigenvalue weighted by Gasteiger charge is 2.12. The molecule has 0 saturated heterocycles. The van der Waals surface area contributed by atoms with Gasteiger partial charge in [-0.2, -0.15) is 5.10 Å². The summed E-state index contributed by atoms with van der Waals surface area (Å²) < 4.78 is 7.31. The topological polar surface area (TPSA) is 43.0 Å². The van der Waals surface area contributed by atoms with Crippen LogP contribution in [0.4, 0.5) is 0 Å². The molecule has 2 aromatic heterocycles. The van der Waals surface area contributed by atoms with Crippen molar-refractivity contribution in [3.63, 3.8) is 0 Å². The number of aromatic nitrogens is 2. The van der Waals surface area contributed by atoms with Crippen LogP contribution >= 0.6 is 0 Å². The Bertz CT molecular complexity index is 470. The Balaban J connectivity index is 2.33. The highest BCUT2D eigenvalue weighted by atomic mass is 16.3. The van der Waals surface area contributed by atoms with E-state index in [9.17, 15) is 0 Å². The Hall–Kier alpha value is -1.55. The summed E-state index contributed by atoms with van der Waals surface area (Å²) in [5.74, 6) is 0.970. The van der Waals surface area contributed by atoms with Gasteiger partial charge in [0.2, 0.25) is 0 Å². The Kier molecular flexibility index (Phi) is 3.10. The van der Waals surface area contributed by atoms with Gasteiger partial charge in [-0.25, -0.2) is 0 Å². The summed E-state index contributed by atoms with van der Waals surface area (Å²) in [4.78, 5) is 0. The van der Waals surface area contributed by atoms with Gasteiger partial charge in [-0.3, -0.25) is 4.68 Å². The normalized spacial score (nSPS) is 10.9. The number of nitrogens with one attached hydrogen (secondary N) is 1. The van der Waals surface area contributed by atoms with Crippen molar-refractivity contribution in [2.75, 3.05) is 6.54 Å². The zero-order chi connectivity index (χ0) is 11.5. The van der Waals surface area contributed by atoms with Crippen LogP contribution in [0.3, 0.4) is 0 Å². The zero-order valence-corrected chi connectivity index (χ0v) is 9.95. The quantitative estimate of drug-likeness (QED) is 0.856. The molecule has 0 saturated carbocycles. The molecule has 0 unspecified atom stereocenters. The lowest BCUT2D eigenvalue weighted by atomic mass is 10.1. The first-order valence-electron chi connectivity index (χ1n) is 5.50. The molecule has 0 spiro atoms. The fourth-order valence-corrected chi connectivity index (χ4v) is 1.82. The van der Waals surface area contributed by atoms with Crippen LogP contribution in [0.1, 0.15) is 18.4 Å². The lowest BCUT2D eigenvalue weighted by molar-refractivity contribution is 0.489. The van der Waals surface area contributed by atoms with Crippen LogP contribution in [0.5, 0.6) is 0 Å². The van der Waals surface area contributed by atoms with Gasteiger partial charge in [0.25, 0.3) is 0 Å². The van der Waals surface area contributed by atoms with E-state index in [4.69, 9.17) is 4.42 Å². The van der Waals surface area contributed by atoms with Crippen LogP contribution in [0.15, 0.2) is 22.9 Å². The van der Waals surface area contributed by atoms with Crippen molar-refractivity contribution in [2.24, 2.45) is 7.05 Å². The molecule has 0 aliphatic rings. The largest absolute Gasteiger partial charge is 0.467 e. The Labute approximate surface area is 95.3 Å². The van der Waals surface area contributed by atoms with Crippen molar-refractivity contribution in [1.82, 2.24) is 15.1 Å². The van der Waals surface area contributed by atoms with Crippen molar-refractivity contribution in [3.8, 4) is 11.1 Å². The van der Waals surface area contributed by atoms with Gasteiger partial charge in [0.05, 0.1) is 18.5 Å². The fourth-order valence-electron chi connectivity index (χ4n) is 1.82. The van der Waals surface area contributed by atoms with Crippen LogP contribution in [0.2, 0.25) is 0 Å². The van der Waals surface area contributed by atoms with Crippen LogP contribution < -0.4 is 5.32 Å². The van der Waals surface area contributed by atoms with Crippen molar-refractivity contribution in [3.05, 3.63) is 30.0 Å². The first kappa shape index (κ1) is 11.0. The molecule has 1 N–H and O–H groups in total. The predicted molar refractivity (Wildman–Crippen MR) is 63.0 cm³/mol. The number of furan rings is 1. The first-order valence-corrected chi connectivity index (χ1v) is 5.50. The van der Waals surface area contributed by atoms with Crippen molar-refractivity contribution in [2.45, 2.75) is 20.4 Å². The smallest absolute Gasteiger partial charge is 0.125 e. The summed E-state index contributed by atoms with van der Waals surface area (Å²) in [5, 5.41) is 7.61. The summed E-state index contributed by atoms with van der Waals surface area (Å²) in [6.07, 6.45) is 3.75. The molecule has 0 atom stereocenters. The molecule has 2 heterocycles. The number of nitrogens with zero attached hydrogens (tertiary/aromatic N) is 2. The SMILES string of the molecule is CCNCc1occc1-c1cn(C)nc1C. The highest BCUT2D eigenvalue weighted by Crippen LogP contribution is 2.26. The second-order valence-electron chi connectivity index (χ2n) is 3.84. The van der Waals surface area contributed by atoms with Crippen molar-refractivity contribution in [1.29, 1.82) is 0 Å². The molecule has 16 heavy (non-hydrogen) atoms. The van der Waals surface area contributed by atoms with Gasteiger partial charge in [-0.05, 0) is 19.5 Å². The van der Waals surface area contributed by atoms with Crippen molar-refractivity contribution < 1.29 is 4.42 Å². The van der Waals surface area contributed by atoms with E-state index in [1.54, 1.807) is 6.26 Å². The van der Waals surface area contributed by atoms with E-state index in [1.807, 2.05) is 30.9 Å². The summed E-state index contributed by atoms with van der Waals surface area (Å²) in [7, 11) is 1.93. The maximum atomic E-state index is 5.49. The van der Waals surface area contributed by atoms with Gasteiger partial charge in [-0.15, -0.1) is 0 Å². The molecule has 0 bridgehead atoms. The molecule has 0 aliphatic carbocycles. The van der Waals surface area contributed by atoms with E-state index >= 15 is 0 Å². The standard InChI is InChI=1S/C12H17N3O/c1-4-13-7-12-10(5-6-16-12)11-8-15(3)14-9(11)2/h5-6,8,13H,4,7H2,1-3H3. The molecular formula is C12H17N3O. The lowest BCUT2D eigenvalue weighted by Crippen LogP contribution is -2.11. The van der Waals surface area contributed by atoms with Gasteiger partial charge in [0, 0.05) is 24.4 Å². The summed E-state index contributed by atoms with van der Waals surface area (Å²) in [6, 6.07) is 2.00. The number of hydrogen-bond donors (Lipinski definition) is 1. The maximum Gasteiger partial charge on any atom is 0.125 e. The molecule has 2 aromatic rings. The number of hydrogen-bond acceptors (Lipinski definition) is 3. The van der Waals surface area contributed by atoms with E-state index in [-0.39, 0.29) is 0 Å². The van der Waals surface area contributed by atoms with E-state index in [1.165, 1.54) is 0 Å². The fraction of sp³-hybridized carbons (Fsp3) is 0.417. The zero-order valence-electron chi connectivity index (χ0n) is 9.95. The van der Waals surface area contributed by atoms with Gasteiger partial charge in [0.15, 0.2) is 0 Å². The van der Waals surface area contributed by atoms with Crippen LogP contribution in [0.25, 0.3) is 11.1 Å². The molecule has 0 fully saturated rings. The average molecular weight is 219 g/mol. The maximum absolute atomic E-state index is 5.49. The molecule has 0 aromatic carbocycles. The summed E-state index contributed by atoms with van der Waals surface area (Å²) >= 11 is 0. The third-order valence-corrected chi connectivity index (χ3v) is 2.58. The monoisotopic (exact) mass is 219 g/mol. The molecule has 0 amide bonds. The minimum absolute atomic E-state index is 0.757. The molecule has 86 valence electrons. The second kappa shape index (κ2) is 4.53. The van der Waals surface area contributed by atoms with Crippen molar-refractivity contribution >= 4 is 0 Å². The third kappa shape index (κ3) is 2.02. The highest BCUT2D eigenvalue weighted by molar-refractivity contribution is 5.66. The van der Waals surface area contributed by atoms with Gasteiger partial charge < -0.3 is 9.73 Å². The van der Waals surface area contributed by atoms with E-state index in [2.05, 4.69) is 17.3 Å². The third-order valence-electron chi connectivity index (χ3n) is 2.58. The molecule has 4 heteroatoms. The molecule has 0 aliphatic heterocycles. The Morgan fingerprint density at radius 1 is 1.44 bits per heavy atom. The van der Waals surface area contributed by atoms with Crippen LogP contribution in [-0.4, -0.2) is 16.3 Å². The lowest BCUT2D eigenvalue weighted by Gasteiger charge is -2.01. The summed E-state index contributed by atoms with van der Waals surface area (Å²) in [5.41, 5.74) is 3.30. The average Bonchev–Trinajstić information content (AvgIpc) is 2.81. The number of aryl methyl sites for hydroxylation is 2. The van der Waals surface area contributed by atoms with Gasteiger partial charge in [-0.1, -0.05) is 6.92 Å². The Morgan fingerprint density at radius 3 is 2.88 bits per heavy atom. The van der Waals surface area contributed by atoms with Gasteiger partial charge in [0.1, 0.15) is 5.76 Å². The molecule has 0 radical (unpaired) electrons. The van der Waals surface area contributed by atoms with E-state index in [0.29, 0.717) is 0 Å².